The lowest BCUT2D eigenvalue weighted by atomic mass is 9.92. The molecular weight excluding hydrogens is 222 g/mol. The molecule has 0 saturated heterocycles. The highest BCUT2D eigenvalue weighted by Crippen LogP contribution is 2.51. The monoisotopic (exact) mass is 233 g/mol. The number of fused-ring (bicyclic) bond motifs is 1. The Morgan fingerprint density at radius 1 is 1.47 bits per heavy atom. The molecule has 1 aliphatic rings. The number of H-pyrrole nitrogens is 1. The van der Waals surface area contributed by atoms with Crippen molar-refractivity contribution in [3.8, 4) is 0 Å². The Bertz CT molecular complexity index is 648. The predicted molar refractivity (Wildman–Crippen MR) is 60.0 cm³/mol. The maximum atomic E-state index is 11.0. The summed E-state index contributed by atoms with van der Waals surface area (Å²) in [6, 6.07) is 5.37. The van der Waals surface area contributed by atoms with Gasteiger partial charge in [-0.2, -0.15) is 0 Å². The van der Waals surface area contributed by atoms with Crippen LogP contribution in [0.5, 0.6) is 0 Å². The number of aliphatic carboxylic acids is 1. The summed E-state index contributed by atoms with van der Waals surface area (Å²) in [5.41, 5.74) is 1.85. The van der Waals surface area contributed by atoms with Gasteiger partial charge in [-0.3, -0.25) is 9.78 Å². The van der Waals surface area contributed by atoms with Crippen LogP contribution in [0, 0.1) is 0 Å². The molecule has 1 aromatic heterocycles. The van der Waals surface area contributed by atoms with Crippen molar-refractivity contribution in [3.05, 3.63) is 34.3 Å². The molecule has 5 heteroatoms. The smallest absolute Gasteiger partial charge is 0.417 e. The first-order valence-corrected chi connectivity index (χ1v) is 5.44. The fraction of sp³-hybridized carbons (Fsp3) is 0.333. The second-order valence-corrected chi connectivity index (χ2v) is 4.58. The first-order chi connectivity index (χ1) is 8.09. The van der Waals surface area contributed by atoms with Gasteiger partial charge in [-0.25, -0.2) is 4.79 Å². The van der Waals surface area contributed by atoms with Gasteiger partial charge in [0.15, 0.2) is 5.58 Å². The second kappa shape index (κ2) is 3.23. The van der Waals surface area contributed by atoms with E-state index in [0.717, 1.165) is 18.4 Å². The van der Waals surface area contributed by atoms with E-state index >= 15 is 0 Å². The summed E-state index contributed by atoms with van der Waals surface area (Å²) in [6.07, 6.45) is 1.90. The Balaban J connectivity index is 2.06. The van der Waals surface area contributed by atoms with Crippen LogP contribution in [0.2, 0.25) is 0 Å². The topological polar surface area (TPSA) is 83.3 Å². The van der Waals surface area contributed by atoms with Gasteiger partial charge in [0.2, 0.25) is 0 Å². The average molecular weight is 233 g/mol. The minimum atomic E-state index is -0.789. The Hall–Kier alpha value is -2.04. The highest BCUT2D eigenvalue weighted by Gasteiger charge is 2.46. The fourth-order valence-corrected chi connectivity index (χ4v) is 2.29. The number of hydrogen-bond donors (Lipinski definition) is 2. The highest BCUT2D eigenvalue weighted by atomic mass is 16.4. The van der Waals surface area contributed by atoms with E-state index in [-0.39, 0.29) is 11.8 Å². The van der Waals surface area contributed by atoms with Crippen LogP contribution in [0.25, 0.3) is 11.1 Å². The molecule has 17 heavy (non-hydrogen) atoms. The van der Waals surface area contributed by atoms with E-state index < -0.39 is 11.7 Å². The molecule has 2 aromatic rings. The van der Waals surface area contributed by atoms with E-state index in [2.05, 4.69) is 4.98 Å². The maximum Gasteiger partial charge on any atom is 0.417 e. The molecule has 1 fully saturated rings. The van der Waals surface area contributed by atoms with Gasteiger partial charge in [-0.05, 0) is 30.5 Å². The third kappa shape index (κ3) is 1.63. The van der Waals surface area contributed by atoms with Crippen LogP contribution in [0.15, 0.2) is 27.4 Å². The van der Waals surface area contributed by atoms with E-state index in [9.17, 15) is 9.59 Å². The average Bonchev–Trinajstić information content (AvgIpc) is 2.91. The van der Waals surface area contributed by atoms with Gasteiger partial charge in [-0.1, -0.05) is 6.07 Å². The summed E-state index contributed by atoms with van der Waals surface area (Å²) < 4.78 is 4.91. The van der Waals surface area contributed by atoms with Gasteiger partial charge >= 0.3 is 11.7 Å². The Morgan fingerprint density at radius 3 is 2.88 bits per heavy atom. The molecule has 88 valence electrons. The Morgan fingerprint density at radius 2 is 2.24 bits per heavy atom. The minimum absolute atomic E-state index is 0.139. The lowest BCUT2D eigenvalue weighted by Gasteiger charge is -2.12. The third-order valence-corrected chi connectivity index (χ3v) is 3.37. The number of carboxylic acids is 1. The molecule has 1 heterocycles. The number of benzene rings is 1. The molecule has 0 atom stereocenters. The lowest BCUT2D eigenvalue weighted by molar-refractivity contribution is -0.137. The van der Waals surface area contributed by atoms with Crippen LogP contribution >= 0.6 is 0 Å². The number of carboxylic acid groups (broad SMARTS) is 1. The number of nitrogens with one attached hydrogen (secondary N) is 1. The Kier molecular flexibility index (Phi) is 1.92. The first kappa shape index (κ1) is 10.1. The van der Waals surface area contributed by atoms with E-state index in [1.807, 2.05) is 12.1 Å². The van der Waals surface area contributed by atoms with Gasteiger partial charge in [0.05, 0.1) is 11.9 Å². The quantitative estimate of drug-likeness (QED) is 0.843. The van der Waals surface area contributed by atoms with Crippen LogP contribution in [-0.4, -0.2) is 16.1 Å². The fourth-order valence-electron chi connectivity index (χ4n) is 2.29. The zero-order valence-corrected chi connectivity index (χ0v) is 9.03. The molecule has 1 saturated carbocycles. The minimum Gasteiger partial charge on any atom is -0.481 e. The van der Waals surface area contributed by atoms with E-state index in [0.29, 0.717) is 11.1 Å². The van der Waals surface area contributed by atoms with Crippen molar-refractivity contribution in [2.45, 2.75) is 24.7 Å². The largest absolute Gasteiger partial charge is 0.481 e. The van der Waals surface area contributed by atoms with E-state index in [4.69, 9.17) is 9.52 Å². The van der Waals surface area contributed by atoms with Crippen LogP contribution < -0.4 is 5.76 Å². The number of aromatic amines is 1. The highest BCUT2D eigenvalue weighted by molar-refractivity contribution is 5.75. The number of carbonyl (C=O) groups is 1. The van der Waals surface area contributed by atoms with Crippen molar-refractivity contribution >= 4 is 17.1 Å². The summed E-state index contributed by atoms with van der Waals surface area (Å²) >= 11 is 0. The van der Waals surface area contributed by atoms with Gasteiger partial charge in [0.1, 0.15) is 0 Å². The van der Waals surface area contributed by atoms with Crippen molar-refractivity contribution in [2.24, 2.45) is 0 Å². The molecule has 3 rings (SSSR count). The summed E-state index contributed by atoms with van der Waals surface area (Å²) in [7, 11) is 0. The molecule has 0 bridgehead atoms. The zero-order chi connectivity index (χ0) is 12.0. The zero-order valence-electron chi connectivity index (χ0n) is 9.03. The van der Waals surface area contributed by atoms with Crippen molar-refractivity contribution in [3.63, 3.8) is 0 Å². The molecule has 0 spiro atoms. The van der Waals surface area contributed by atoms with Gasteiger partial charge in [0, 0.05) is 5.41 Å². The molecule has 0 amide bonds. The maximum absolute atomic E-state index is 11.0. The molecule has 1 aliphatic carbocycles. The van der Waals surface area contributed by atoms with Crippen molar-refractivity contribution in [1.82, 2.24) is 4.98 Å². The molecule has 5 nitrogen and oxygen atoms in total. The molecular formula is C12H11NO4. The molecule has 2 N–H and O–H groups in total. The second-order valence-electron chi connectivity index (χ2n) is 4.58. The Labute approximate surface area is 96.1 Å². The predicted octanol–water partition coefficient (Wildman–Crippen LogP) is 1.63. The third-order valence-electron chi connectivity index (χ3n) is 3.37. The van der Waals surface area contributed by atoms with Gasteiger partial charge < -0.3 is 9.52 Å². The molecule has 0 aliphatic heterocycles. The molecule has 1 aromatic carbocycles. The number of rotatable bonds is 3. The molecule has 0 radical (unpaired) electrons. The van der Waals surface area contributed by atoms with Crippen LogP contribution in [0.3, 0.4) is 0 Å². The SMILES string of the molecule is O=C(O)CC1(c2ccc3oc(=O)[nH]c3c2)CC1. The van der Waals surface area contributed by atoms with E-state index in [1.165, 1.54) is 0 Å². The standard InChI is InChI=1S/C12H11NO4/c14-10(15)6-12(3-4-12)7-1-2-9-8(5-7)13-11(16)17-9/h1-2,5H,3-4,6H2,(H,13,16)(H,14,15). The number of hydrogen-bond acceptors (Lipinski definition) is 3. The molecule has 0 unspecified atom stereocenters. The number of oxazole rings is 1. The lowest BCUT2D eigenvalue weighted by Crippen LogP contribution is -2.12. The number of aromatic nitrogens is 1. The van der Waals surface area contributed by atoms with Crippen molar-refractivity contribution < 1.29 is 14.3 Å². The van der Waals surface area contributed by atoms with Crippen LogP contribution in [0.1, 0.15) is 24.8 Å². The summed E-state index contributed by atoms with van der Waals surface area (Å²) in [5, 5.41) is 8.89. The normalized spacial score (nSPS) is 17.2. The van der Waals surface area contributed by atoms with Gasteiger partial charge in [-0.15, -0.1) is 0 Å². The van der Waals surface area contributed by atoms with Crippen LogP contribution in [0.4, 0.5) is 0 Å². The summed E-state index contributed by atoms with van der Waals surface area (Å²) in [6.45, 7) is 0. The van der Waals surface area contributed by atoms with Crippen molar-refractivity contribution in [2.75, 3.05) is 0 Å². The van der Waals surface area contributed by atoms with Gasteiger partial charge in [0.25, 0.3) is 0 Å². The summed E-state index contributed by atoms with van der Waals surface area (Å²) in [5.74, 6) is -1.27. The van der Waals surface area contributed by atoms with Crippen molar-refractivity contribution in [1.29, 1.82) is 0 Å². The van der Waals surface area contributed by atoms with Crippen LogP contribution in [-0.2, 0) is 10.2 Å². The summed E-state index contributed by atoms with van der Waals surface area (Å²) in [4.78, 5) is 24.4. The first-order valence-electron chi connectivity index (χ1n) is 5.44. The van der Waals surface area contributed by atoms with E-state index in [1.54, 1.807) is 6.07 Å².